The van der Waals surface area contributed by atoms with E-state index in [1.165, 1.54) is 0 Å². The Labute approximate surface area is 135 Å². The van der Waals surface area contributed by atoms with Crippen molar-refractivity contribution in [2.24, 2.45) is 0 Å². The Kier molecular flexibility index (Phi) is 5.11. The minimum atomic E-state index is -5.15. The Morgan fingerprint density at radius 3 is 2.17 bits per heavy atom. The van der Waals surface area contributed by atoms with Crippen molar-refractivity contribution in [2.45, 2.75) is 26.4 Å². The van der Waals surface area contributed by atoms with E-state index in [-0.39, 0.29) is 19.0 Å². The summed E-state index contributed by atoms with van der Waals surface area (Å²) in [5.74, 6) is -5.29. The van der Waals surface area contributed by atoms with E-state index in [0.29, 0.717) is 5.69 Å². The average molecular weight is 347 g/mol. The van der Waals surface area contributed by atoms with Gasteiger partial charge in [-0.2, -0.15) is 13.2 Å². The third-order valence-corrected chi connectivity index (χ3v) is 3.77. The fraction of sp³-hybridized carbons (Fsp3) is 0.294. The summed E-state index contributed by atoms with van der Waals surface area (Å²) in [5.41, 5.74) is 0.131. The van der Waals surface area contributed by atoms with Crippen molar-refractivity contribution < 1.29 is 26.3 Å². The molecule has 0 spiro atoms. The van der Waals surface area contributed by atoms with Crippen LogP contribution in [0, 0.1) is 31.3 Å². The largest absolute Gasteiger partial charge is 0.419 e. The second-order valence-electron chi connectivity index (χ2n) is 5.49. The molecule has 0 fully saturated rings. The number of halogens is 6. The Balaban J connectivity index is 2.15. The Morgan fingerprint density at radius 2 is 1.58 bits per heavy atom. The third-order valence-electron chi connectivity index (χ3n) is 3.77. The van der Waals surface area contributed by atoms with Crippen molar-refractivity contribution in [3.8, 4) is 0 Å². The molecule has 130 valence electrons. The summed E-state index contributed by atoms with van der Waals surface area (Å²) >= 11 is 0. The standard InChI is InChI=1S/C17H15F6N/c1-9-3-4-11(7-10(9)2)24-6-5-12-14(18)8-13(17(21,22)23)16(20)15(12)19/h3-4,7-8,24H,5-6H2,1-2H3. The van der Waals surface area contributed by atoms with Crippen LogP contribution in [0.5, 0.6) is 0 Å². The van der Waals surface area contributed by atoms with E-state index in [0.717, 1.165) is 11.1 Å². The zero-order valence-electron chi connectivity index (χ0n) is 13.0. The normalized spacial score (nSPS) is 11.7. The first-order valence-electron chi connectivity index (χ1n) is 7.16. The number of aryl methyl sites for hydroxylation is 2. The summed E-state index contributed by atoms with van der Waals surface area (Å²) in [5, 5.41) is 2.90. The Bertz CT molecular complexity index is 752. The molecule has 0 aliphatic rings. The van der Waals surface area contributed by atoms with Gasteiger partial charge in [0.1, 0.15) is 5.82 Å². The maximum absolute atomic E-state index is 13.8. The Hall–Kier alpha value is -2.18. The zero-order chi connectivity index (χ0) is 18.1. The quantitative estimate of drug-likeness (QED) is 0.577. The summed E-state index contributed by atoms with van der Waals surface area (Å²) in [4.78, 5) is 0. The van der Waals surface area contributed by atoms with E-state index in [2.05, 4.69) is 5.32 Å². The topological polar surface area (TPSA) is 12.0 Å². The highest BCUT2D eigenvalue weighted by molar-refractivity contribution is 5.48. The van der Waals surface area contributed by atoms with Crippen molar-refractivity contribution in [1.29, 1.82) is 0 Å². The number of rotatable bonds is 4. The summed E-state index contributed by atoms with van der Waals surface area (Å²) in [6, 6.07) is 5.44. The van der Waals surface area contributed by atoms with Crippen LogP contribution in [0.1, 0.15) is 22.3 Å². The van der Waals surface area contributed by atoms with Gasteiger partial charge in [-0.15, -0.1) is 0 Å². The molecule has 0 radical (unpaired) electrons. The summed E-state index contributed by atoms with van der Waals surface area (Å²) in [6.45, 7) is 3.86. The second kappa shape index (κ2) is 6.75. The molecule has 0 bridgehead atoms. The molecule has 2 rings (SSSR count). The van der Waals surface area contributed by atoms with E-state index >= 15 is 0 Å². The van der Waals surface area contributed by atoms with E-state index in [4.69, 9.17) is 0 Å². The molecular weight excluding hydrogens is 332 g/mol. The van der Waals surface area contributed by atoms with Crippen LogP contribution in [-0.2, 0) is 12.6 Å². The van der Waals surface area contributed by atoms with Crippen LogP contribution in [-0.4, -0.2) is 6.54 Å². The van der Waals surface area contributed by atoms with Crippen LogP contribution >= 0.6 is 0 Å². The van der Waals surface area contributed by atoms with Gasteiger partial charge in [0.15, 0.2) is 11.6 Å². The smallest absolute Gasteiger partial charge is 0.385 e. The second-order valence-corrected chi connectivity index (χ2v) is 5.49. The fourth-order valence-corrected chi connectivity index (χ4v) is 2.25. The fourth-order valence-electron chi connectivity index (χ4n) is 2.25. The van der Waals surface area contributed by atoms with Crippen molar-refractivity contribution in [3.05, 3.63) is 64.0 Å². The van der Waals surface area contributed by atoms with Gasteiger partial charge in [-0.05, 0) is 49.6 Å². The van der Waals surface area contributed by atoms with Crippen molar-refractivity contribution >= 4 is 5.69 Å². The molecule has 0 aliphatic heterocycles. The van der Waals surface area contributed by atoms with E-state index in [9.17, 15) is 26.3 Å². The lowest BCUT2D eigenvalue weighted by molar-refractivity contribution is -0.140. The molecule has 24 heavy (non-hydrogen) atoms. The molecule has 0 heterocycles. The summed E-state index contributed by atoms with van der Waals surface area (Å²) in [7, 11) is 0. The van der Waals surface area contributed by atoms with Crippen molar-refractivity contribution in [1.82, 2.24) is 0 Å². The summed E-state index contributed by atoms with van der Waals surface area (Å²) < 4.78 is 78.5. The number of anilines is 1. The lowest BCUT2D eigenvalue weighted by Crippen LogP contribution is -2.15. The molecule has 1 N–H and O–H groups in total. The van der Waals surface area contributed by atoms with Crippen LogP contribution in [0.4, 0.5) is 32.0 Å². The van der Waals surface area contributed by atoms with Gasteiger partial charge >= 0.3 is 6.18 Å². The van der Waals surface area contributed by atoms with Gasteiger partial charge in [-0.1, -0.05) is 6.07 Å². The molecule has 2 aromatic rings. The van der Waals surface area contributed by atoms with Gasteiger partial charge in [-0.25, -0.2) is 13.2 Å². The van der Waals surface area contributed by atoms with Gasteiger partial charge in [0, 0.05) is 17.8 Å². The monoisotopic (exact) mass is 347 g/mol. The molecule has 0 atom stereocenters. The lowest BCUT2D eigenvalue weighted by atomic mass is 10.1. The molecule has 0 saturated heterocycles. The lowest BCUT2D eigenvalue weighted by Gasteiger charge is -2.13. The highest BCUT2D eigenvalue weighted by Gasteiger charge is 2.37. The molecule has 2 aromatic carbocycles. The molecule has 0 aliphatic carbocycles. The van der Waals surface area contributed by atoms with Crippen molar-refractivity contribution in [3.63, 3.8) is 0 Å². The van der Waals surface area contributed by atoms with Crippen molar-refractivity contribution in [2.75, 3.05) is 11.9 Å². The average Bonchev–Trinajstić information content (AvgIpc) is 2.48. The maximum atomic E-state index is 13.8. The molecule has 0 unspecified atom stereocenters. The SMILES string of the molecule is Cc1ccc(NCCc2c(F)cc(C(F)(F)F)c(F)c2F)cc1C. The minimum absolute atomic E-state index is 0.0101. The number of hydrogen-bond acceptors (Lipinski definition) is 1. The molecule has 1 nitrogen and oxygen atoms in total. The van der Waals surface area contributed by atoms with Crippen LogP contribution in [0.15, 0.2) is 24.3 Å². The van der Waals surface area contributed by atoms with E-state index < -0.39 is 34.8 Å². The minimum Gasteiger partial charge on any atom is -0.385 e. The van der Waals surface area contributed by atoms with Gasteiger partial charge in [0.2, 0.25) is 0 Å². The van der Waals surface area contributed by atoms with E-state index in [1.54, 1.807) is 6.07 Å². The molecular formula is C17H15F6N. The van der Waals surface area contributed by atoms with Gasteiger partial charge in [-0.3, -0.25) is 0 Å². The van der Waals surface area contributed by atoms with Gasteiger partial charge < -0.3 is 5.32 Å². The predicted molar refractivity (Wildman–Crippen MR) is 79.4 cm³/mol. The van der Waals surface area contributed by atoms with Crippen LogP contribution in [0.3, 0.4) is 0 Å². The van der Waals surface area contributed by atoms with E-state index in [1.807, 2.05) is 26.0 Å². The summed E-state index contributed by atoms with van der Waals surface area (Å²) in [6.07, 6.45) is -5.44. The van der Waals surface area contributed by atoms with Gasteiger partial charge in [0.05, 0.1) is 5.56 Å². The number of benzene rings is 2. The third kappa shape index (κ3) is 3.83. The molecule has 0 aromatic heterocycles. The highest BCUT2D eigenvalue weighted by Crippen LogP contribution is 2.34. The van der Waals surface area contributed by atoms with Crippen LogP contribution in [0.25, 0.3) is 0 Å². The predicted octanol–water partition coefficient (Wildman–Crippen LogP) is 5.39. The Morgan fingerprint density at radius 1 is 0.917 bits per heavy atom. The number of nitrogens with one attached hydrogen (secondary N) is 1. The molecule has 7 heteroatoms. The first kappa shape index (κ1) is 18.2. The van der Waals surface area contributed by atoms with Gasteiger partial charge in [0.25, 0.3) is 0 Å². The maximum Gasteiger partial charge on any atom is 0.419 e. The molecule has 0 amide bonds. The first-order chi connectivity index (χ1) is 11.1. The first-order valence-corrected chi connectivity index (χ1v) is 7.16. The number of hydrogen-bond donors (Lipinski definition) is 1. The molecule has 0 saturated carbocycles. The van der Waals surface area contributed by atoms with Crippen LogP contribution < -0.4 is 5.32 Å². The highest BCUT2D eigenvalue weighted by atomic mass is 19.4. The van der Waals surface area contributed by atoms with Crippen LogP contribution in [0.2, 0.25) is 0 Å². The zero-order valence-corrected chi connectivity index (χ0v) is 13.0. The number of alkyl halides is 3.